The van der Waals surface area contributed by atoms with Gasteiger partial charge in [-0.1, -0.05) is 0 Å². The van der Waals surface area contributed by atoms with Crippen LogP contribution in [0.25, 0.3) is 0 Å². The molecule has 0 radical (unpaired) electrons. The number of aromatic nitrogens is 1. The minimum Gasteiger partial charge on any atom is -0.384 e. The summed E-state index contributed by atoms with van der Waals surface area (Å²) in [5.41, 5.74) is 2.18. The number of hydrogen-bond acceptors (Lipinski definition) is 3. The summed E-state index contributed by atoms with van der Waals surface area (Å²) >= 11 is 5.82. The standard InChI is InChI=1S/C13H19ClN2O/c1-17-10-11-3-2-6-16(9-11)13-4-5-15-12(7-13)8-14/h4-5,7,11H,2-3,6,8-10H2,1H3. The van der Waals surface area contributed by atoms with Crippen LogP contribution in [0.1, 0.15) is 18.5 Å². The maximum Gasteiger partial charge on any atom is 0.0648 e. The van der Waals surface area contributed by atoms with Crippen molar-refractivity contribution >= 4 is 17.3 Å². The first-order valence-corrected chi connectivity index (χ1v) is 6.61. The molecule has 0 spiro atoms. The van der Waals surface area contributed by atoms with Crippen molar-refractivity contribution in [1.29, 1.82) is 0 Å². The molecular formula is C13H19ClN2O. The zero-order valence-electron chi connectivity index (χ0n) is 10.2. The van der Waals surface area contributed by atoms with Crippen molar-refractivity contribution in [3.05, 3.63) is 24.0 Å². The van der Waals surface area contributed by atoms with Crippen LogP contribution in [0.3, 0.4) is 0 Å². The highest BCUT2D eigenvalue weighted by Crippen LogP contribution is 2.23. The van der Waals surface area contributed by atoms with Gasteiger partial charge in [-0.3, -0.25) is 4.98 Å². The van der Waals surface area contributed by atoms with Crippen LogP contribution in [0.4, 0.5) is 5.69 Å². The molecule has 2 rings (SSSR count). The van der Waals surface area contributed by atoms with Gasteiger partial charge in [0.2, 0.25) is 0 Å². The van der Waals surface area contributed by atoms with Crippen molar-refractivity contribution in [2.75, 3.05) is 31.7 Å². The lowest BCUT2D eigenvalue weighted by molar-refractivity contribution is 0.143. The van der Waals surface area contributed by atoms with Crippen LogP contribution in [-0.4, -0.2) is 31.8 Å². The second-order valence-electron chi connectivity index (χ2n) is 4.55. The molecule has 17 heavy (non-hydrogen) atoms. The SMILES string of the molecule is COCC1CCCN(c2ccnc(CCl)c2)C1. The number of pyridine rings is 1. The highest BCUT2D eigenvalue weighted by molar-refractivity contribution is 6.16. The number of halogens is 1. The van der Waals surface area contributed by atoms with E-state index < -0.39 is 0 Å². The molecule has 1 aromatic heterocycles. The van der Waals surface area contributed by atoms with Gasteiger partial charge in [-0.25, -0.2) is 0 Å². The Bertz CT molecular complexity index is 357. The molecule has 1 aliphatic rings. The second-order valence-corrected chi connectivity index (χ2v) is 4.82. The first-order valence-electron chi connectivity index (χ1n) is 6.08. The number of piperidine rings is 1. The van der Waals surface area contributed by atoms with Crippen molar-refractivity contribution in [2.45, 2.75) is 18.7 Å². The first-order chi connectivity index (χ1) is 8.33. The number of alkyl halides is 1. The monoisotopic (exact) mass is 254 g/mol. The predicted molar refractivity (Wildman–Crippen MR) is 70.6 cm³/mol. The molecule has 1 unspecified atom stereocenters. The molecule has 3 nitrogen and oxygen atoms in total. The van der Waals surface area contributed by atoms with Crippen molar-refractivity contribution in [1.82, 2.24) is 4.98 Å². The van der Waals surface area contributed by atoms with Crippen LogP contribution in [0, 0.1) is 5.92 Å². The summed E-state index contributed by atoms with van der Waals surface area (Å²) in [6.07, 6.45) is 4.33. The van der Waals surface area contributed by atoms with Gasteiger partial charge in [-0.2, -0.15) is 0 Å². The number of nitrogens with zero attached hydrogens (tertiary/aromatic N) is 2. The lowest BCUT2D eigenvalue weighted by Crippen LogP contribution is -2.37. The molecule has 0 N–H and O–H groups in total. The summed E-state index contributed by atoms with van der Waals surface area (Å²) in [4.78, 5) is 6.63. The fourth-order valence-corrected chi connectivity index (χ4v) is 2.55. The third-order valence-electron chi connectivity index (χ3n) is 3.22. The lowest BCUT2D eigenvalue weighted by atomic mass is 9.98. The Labute approximate surface area is 108 Å². The smallest absolute Gasteiger partial charge is 0.0648 e. The molecular weight excluding hydrogens is 236 g/mol. The van der Waals surface area contributed by atoms with Crippen molar-refractivity contribution in [3.8, 4) is 0 Å². The number of hydrogen-bond donors (Lipinski definition) is 0. The molecule has 1 aliphatic heterocycles. The Balaban J connectivity index is 2.05. The van der Waals surface area contributed by atoms with E-state index in [1.807, 2.05) is 6.20 Å². The van der Waals surface area contributed by atoms with E-state index in [9.17, 15) is 0 Å². The van der Waals surface area contributed by atoms with Crippen LogP contribution in [0.5, 0.6) is 0 Å². The molecule has 94 valence electrons. The number of rotatable bonds is 4. The summed E-state index contributed by atoms with van der Waals surface area (Å²) < 4.78 is 5.25. The summed E-state index contributed by atoms with van der Waals surface area (Å²) in [7, 11) is 1.77. The fraction of sp³-hybridized carbons (Fsp3) is 0.615. The molecule has 0 saturated carbocycles. The largest absolute Gasteiger partial charge is 0.384 e. The van der Waals surface area contributed by atoms with Gasteiger partial charge >= 0.3 is 0 Å². The van der Waals surface area contributed by atoms with E-state index in [1.54, 1.807) is 7.11 Å². The summed E-state index contributed by atoms with van der Waals surface area (Å²) in [6.45, 7) is 3.04. The predicted octanol–water partition coefficient (Wildman–Crippen LogP) is 2.68. The van der Waals surface area contributed by atoms with Gasteiger partial charge in [0, 0.05) is 32.1 Å². The molecule has 0 amide bonds. The van der Waals surface area contributed by atoms with Gasteiger partial charge in [-0.05, 0) is 30.9 Å². The normalized spacial score (nSPS) is 20.6. The van der Waals surface area contributed by atoms with E-state index in [1.165, 1.54) is 18.5 Å². The Hall–Kier alpha value is -0.800. The third-order valence-corrected chi connectivity index (χ3v) is 3.50. The third kappa shape index (κ3) is 3.33. The van der Waals surface area contributed by atoms with Crippen molar-refractivity contribution in [2.24, 2.45) is 5.92 Å². The van der Waals surface area contributed by atoms with E-state index in [-0.39, 0.29) is 0 Å². The summed E-state index contributed by atoms with van der Waals surface area (Å²) in [5.74, 6) is 1.12. The van der Waals surface area contributed by atoms with E-state index >= 15 is 0 Å². The van der Waals surface area contributed by atoms with E-state index in [2.05, 4.69) is 22.0 Å². The van der Waals surface area contributed by atoms with Gasteiger partial charge in [-0.15, -0.1) is 11.6 Å². The summed E-state index contributed by atoms with van der Waals surface area (Å²) in [6, 6.07) is 4.15. The minimum atomic E-state index is 0.475. The average molecular weight is 255 g/mol. The molecule has 1 aromatic rings. The lowest BCUT2D eigenvalue weighted by Gasteiger charge is -2.34. The summed E-state index contributed by atoms with van der Waals surface area (Å²) in [5, 5.41) is 0. The highest BCUT2D eigenvalue weighted by Gasteiger charge is 2.20. The van der Waals surface area contributed by atoms with Crippen LogP contribution < -0.4 is 4.90 Å². The van der Waals surface area contributed by atoms with Gasteiger partial charge in [0.05, 0.1) is 18.2 Å². The van der Waals surface area contributed by atoms with Gasteiger partial charge in [0.1, 0.15) is 0 Å². The van der Waals surface area contributed by atoms with Crippen LogP contribution >= 0.6 is 11.6 Å². The molecule has 1 fully saturated rings. The maximum absolute atomic E-state index is 5.82. The molecule has 0 aliphatic carbocycles. The molecule has 4 heteroatoms. The number of anilines is 1. The second kappa shape index (κ2) is 6.22. The Morgan fingerprint density at radius 2 is 2.47 bits per heavy atom. The molecule has 1 atom stereocenters. The number of methoxy groups -OCH3 is 1. The Morgan fingerprint density at radius 1 is 1.59 bits per heavy atom. The van der Waals surface area contributed by atoms with E-state index in [4.69, 9.17) is 16.3 Å². The van der Waals surface area contributed by atoms with Crippen molar-refractivity contribution in [3.63, 3.8) is 0 Å². The molecule has 0 bridgehead atoms. The van der Waals surface area contributed by atoms with Crippen LogP contribution in [-0.2, 0) is 10.6 Å². The van der Waals surface area contributed by atoms with Crippen LogP contribution in [0.15, 0.2) is 18.3 Å². The van der Waals surface area contributed by atoms with Crippen molar-refractivity contribution < 1.29 is 4.74 Å². The fourth-order valence-electron chi connectivity index (χ4n) is 2.41. The topological polar surface area (TPSA) is 25.4 Å². The zero-order valence-corrected chi connectivity index (χ0v) is 11.0. The quantitative estimate of drug-likeness (QED) is 0.773. The Kier molecular flexibility index (Phi) is 4.63. The maximum atomic E-state index is 5.82. The van der Waals surface area contributed by atoms with E-state index in [0.717, 1.165) is 25.4 Å². The highest BCUT2D eigenvalue weighted by atomic mass is 35.5. The molecule has 1 saturated heterocycles. The van der Waals surface area contributed by atoms with E-state index in [0.29, 0.717) is 11.8 Å². The van der Waals surface area contributed by atoms with Gasteiger partial charge < -0.3 is 9.64 Å². The van der Waals surface area contributed by atoms with Crippen LogP contribution in [0.2, 0.25) is 0 Å². The molecule has 2 heterocycles. The number of ether oxygens (including phenoxy) is 1. The molecule has 0 aromatic carbocycles. The van der Waals surface area contributed by atoms with Gasteiger partial charge in [0.15, 0.2) is 0 Å². The first kappa shape index (κ1) is 12.7. The Morgan fingerprint density at radius 3 is 3.24 bits per heavy atom. The van der Waals surface area contributed by atoms with Gasteiger partial charge in [0.25, 0.3) is 0 Å². The zero-order chi connectivity index (χ0) is 12.1. The minimum absolute atomic E-state index is 0.475. The average Bonchev–Trinajstić information content (AvgIpc) is 2.40.